The Morgan fingerprint density at radius 3 is 2.45 bits per heavy atom. The molecule has 0 aliphatic carbocycles. The number of aryl methyl sites for hydroxylation is 2. The maximum atomic E-state index is 12.7. The SMILES string of the molecule is COc1ccc(NC(=O)N2CCC(c3nc(C(=O)N4CCCC4)c(C)o3)CC2)c(C)c1. The number of amides is 3. The monoisotopic (exact) mass is 426 g/mol. The van der Waals surface area contributed by atoms with Crippen molar-refractivity contribution in [3.63, 3.8) is 0 Å². The van der Waals surface area contributed by atoms with E-state index in [2.05, 4.69) is 10.3 Å². The van der Waals surface area contributed by atoms with Crippen LogP contribution < -0.4 is 10.1 Å². The lowest BCUT2D eigenvalue weighted by Gasteiger charge is -2.30. The van der Waals surface area contributed by atoms with Crippen LogP contribution >= 0.6 is 0 Å². The quantitative estimate of drug-likeness (QED) is 0.800. The predicted octanol–water partition coefficient (Wildman–Crippen LogP) is 3.95. The average Bonchev–Trinajstić information content (AvgIpc) is 3.45. The first-order chi connectivity index (χ1) is 15.0. The number of urea groups is 1. The number of piperidine rings is 1. The van der Waals surface area contributed by atoms with Crippen LogP contribution in [0.1, 0.15) is 59.3 Å². The van der Waals surface area contributed by atoms with Gasteiger partial charge in [0.1, 0.15) is 11.5 Å². The molecule has 2 aliphatic rings. The predicted molar refractivity (Wildman–Crippen MR) is 117 cm³/mol. The molecule has 8 heteroatoms. The van der Waals surface area contributed by atoms with E-state index in [1.54, 1.807) is 14.0 Å². The van der Waals surface area contributed by atoms with Crippen LogP contribution in [0.2, 0.25) is 0 Å². The van der Waals surface area contributed by atoms with E-state index < -0.39 is 0 Å². The fourth-order valence-electron chi connectivity index (χ4n) is 4.29. The van der Waals surface area contributed by atoms with Gasteiger partial charge in [0.15, 0.2) is 11.6 Å². The minimum absolute atomic E-state index is 0.0309. The molecule has 0 saturated carbocycles. The lowest BCUT2D eigenvalue weighted by atomic mass is 9.97. The van der Waals surface area contributed by atoms with Crippen molar-refractivity contribution in [1.29, 1.82) is 0 Å². The fourth-order valence-corrected chi connectivity index (χ4v) is 4.29. The number of benzene rings is 1. The van der Waals surface area contributed by atoms with Crippen LogP contribution in [-0.4, -0.2) is 60.0 Å². The van der Waals surface area contributed by atoms with Gasteiger partial charge >= 0.3 is 6.03 Å². The van der Waals surface area contributed by atoms with Crippen molar-refractivity contribution in [2.75, 3.05) is 38.6 Å². The van der Waals surface area contributed by atoms with Gasteiger partial charge in [-0.05, 0) is 63.3 Å². The topological polar surface area (TPSA) is 87.9 Å². The smallest absolute Gasteiger partial charge is 0.321 e. The zero-order chi connectivity index (χ0) is 22.0. The van der Waals surface area contributed by atoms with Crippen molar-refractivity contribution in [2.45, 2.75) is 45.4 Å². The first kappa shape index (κ1) is 21.2. The number of hydrogen-bond acceptors (Lipinski definition) is 5. The van der Waals surface area contributed by atoms with Crippen LogP contribution in [-0.2, 0) is 0 Å². The minimum atomic E-state index is -0.111. The molecule has 8 nitrogen and oxygen atoms in total. The summed E-state index contributed by atoms with van der Waals surface area (Å²) in [6, 6.07) is 5.47. The highest BCUT2D eigenvalue weighted by atomic mass is 16.5. The molecule has 2 saturated heterocycles. The number of aromatic nitrogens is 1. The molecule has 3 amide bonds. The Bertz CT molecular complexity index is 956. The largest absolute Gasteiger partial charge is 0.497 e. The molecular formula is C23H30N4O4. The van der Waals surface area contributed by atoms with Crippen molar-refractivity contribution in [2.24, 2.45) is 0 Å². The maximum Gasteiger partial charge on any atom is 0.321 e. The first-order valence-corrected chi connectivity index (χ1v) is 10.9. The summed E-state index contributed by atoms with van der Waals surface area (Å²) in [4.78, 5) is 33.6. The van der Waals surface area contributed by atoms with E-state index in [1.165, 1.54) is 0 Å². The Morgan fingerprint density at radius 1 is 1.10 bits per heavy atom. The van der Waals surface area contributed by atoms with Crippen molar-refractivity contribution in [3.8, 4) is 5.75 Å². The highest BCUT2D eigenvalue weighted by Crippen LogP contribution is 2.30. The summed E-state index contributed by atoms with van der Waals surface area (Å²) >= 11 is 0. The minimum Gasteiger partial charge on any atom is -0.497 e. The zero-order valence-electron chi connectivity index (χ0n) is 18.4. The van der Waals surface area contributed by atoms with Crippen LogP contribution in [0.25, 0.3) is 0 Å². The molecule has 2 fully saturated rings. The fraction of sp³-hybridized carbons (Fsp3) is 0.522. The molecule has 2 aliphatic heterocycles. The van der Waals surface area contributed by atoms with Crippen LogP contribution in [0.3, 0.4) is 0 Å². The van der Waals surface area contributed by atoms with Gasteiger partial charge in [0.25, 0.3) is 5.91 Å². The van der Waals surface area contributed by atoms with Gasteiger partial charge in [-0.3, -0.25) is 4.79 Å². The number of anilines is 1. The molecule has 0 bridgehead atoms. The Morgan fingerprint density at radius 2 is 1.81 bits per heavy atom. The number of carbonyl (C=O) groups excluding carboxylic acids is 2. The molecular weight excluding hydrogens is 396 g/mol. The number of carbonyl (C=O) groups is 2. The third-order valence-corrected chi connectivity index (χ3v) is 6.22. The first-order valence-electron chi connectivity index (χ1n) is 10.9. The number of ether oxygens (including phenoxy) is 1. The van der Waals surface area contributed by atoms with Gasteiger partial charge in [-0.15, -0.1) is 0 Å². The third kappa shape index (κ3) is 4.52. The Labute approximate surface area is 182 Å². The van der Waals surface area contributed by atoms with Crippen LogP contribution in [0.4, 0.5) is 10.5 Å². The molecule has 1 aromatic carbocycles. The number of hydrogen-bond donors (Lipinski definition) is 1. The molecule has 0 atom stereocenters. The zero-order valence-corrected chi connectivity index (χ0v) is 18.4. The van der Waals surface area contributed by atoms with Gasteiger partial charge in [-0.1, -0.05) is 0 Å². The second kappa shape index (κ2) is 8.99. The van der Waals surface area contributed by atoms with E-state index >= 15 is 0 Å². The Kier molecular flexibility index (Phi) is 6.15. The lowest BCUT2D eigenvalue weighted by molar-refractivity contribution is 0.0786. The number of rotatable bonds is 4. The average molecular weight is 427 g/mol. The van der Waals surface area contributed by atoms with Gasteiger partial charge in [-0.2, -0.15) is 0 Å². The molecule has 0 spiro atoms. The summed E-state index contributed by atoms with van der Waals surface area (Å²) in [7, 11) is 1.62. The Hall–Kier alpha value is -3.03. The summed E-state index contributed by atoms with van der Waals surface area (Å²) < 4.78 is 11.1. The molecule has 0 unspecified atom stereocenters. The molecule has 166 valence electrons. The number of likely N-dealkylation sites (tertiary alicyclic amines) is 2. The van der Waals surface area contributed by atoms with E-state index in [1.807, 2.05) is 34.9 Å². The standard InChI is InChI=1S/C23H30N4O4/c1-15-14-18(30-3)6-7-19(15)24-23(29)27-12-8-17(9-13-27)21-25-20(16(2)31-21)22(28)26-10-4-5-11-26/h6-7,14,17H,4-5,8-13H2,1-3H3,(H,24,29). The summed E-state index contributed by atoms with van der Waals surface area (Å²) in [6.07, 6.45) is 3.61. The van der Waals surface area contributed by atoms with Crippen molar-refractivity contribution in [3.05, 3.63) is 41.1 Å². The van der Waals surface area contributed by atoms with Crippen LogP contribution in [0.5, 0.6) is 5.75 Å². The van der Waals surface area contributed by atoms with E-state index in [0.717, 1.165) is 55.8 Å². The van der Waals surface area contributed by atoms with Crippen LogP contribution in [0, 0.1) is 13.8 Å². The second-order valence-corrected chi connectivity index (χ2v) is 8.33. The molecule has 3 heterocycles. The molecule has 2 aromatic rings. The summed E-state index contributed by atoms with van der Waals surface area (Å²) in [6.45, 7) is 6.56. The summed E-state index contributed by atoms with van der Waals surface area (Å²) in [5, 5.41) is 2.99. The molecule has 1 N–H and O–H groups in total. The van der Waals surface area contributed by atoms with E-state index in [0.29, 0.717) is 30.4 Å². The molecule has 4 rings (SSSR count). The van der Waals surface area contributed by atoms with Crippen molar-refractivity contribution in [1.82, 2.24) is 14.8 Å². The lowest BCUT2D eigenvalue weighted by Crippen LogP contribution is -2.40. The summed E-state index contributed by atoms with van der Waals surface area (Å²) in [5.41, 5.74) is 2.17. The van der Waals surface area contributed by atoms with Gasteiger partial charge < -0.3 is 24.3 Å². The van der Waals surface area contributed by atoms with Crippen LogP contribution in [0.15, 0.2) is 22.6 Å². The number of nitrogens with zero attached hydrogens (tertiary/aromatic N) is 3. The molecule has 31 heavy (non-hydrogen) atoms. The van der Waals surface area contributed by atoms with Gasteiger partial charge in [-0.25, -0.2) is 9.78 Å². The van der Waals surface area contributed by atoms with E-state index in [9.17, 15) is 9.59 Å². The highest BCUT2D eigenvalue weighted by Gasteiger charge is 2.30. The second-order valence-electron chi connectivity index (χ2n) is 8.33. The summed E-state index contributed by atoms with van der Waals surface area (Å²) in [5.74, 6) is 2.05. The number of nitrogens with one attached hydrogen (secondary N) is 1. The van der Waals surface area contributed by atoms with Gasteiger partial charge in [0, 0.05) is 37.8 Å². The Balaban J connectivity index is 1.35. The number of oxazole rings is 1. The van der Waals surface area contributed by atoms with Gasteiger partial charge in [0.05, 0.1) is 7.11 Å². The van der Waals surface area contributed by atoms with Crippen molar-refractivity contribution >= 4 is 17.6 Å². The number of methoxy groups -OCH3 is 1. The van der Waals surface area contributed by atoms with Gasteiger partial charge in [0.2, 0.25) is 0 Å². The third-order valence-electron chi connectivity index (χ3n) is 6.22. The molecule has 0 radical (unpaired) electrons. The van der Waals surface area contributed by atoms with E-state index in [4.69, 9.17) is 9.15 Å². The highest BCUT2D eigenvalue weighted by molar-refractivity contribution is 5.93. The van der Waals surface area contributed by atoms with E-state index in [-0.39, 0.29) is 17.9 Å². The van der Waals surface area contributed by atoms with Crippen molar-refractivity contribution < 1.29 is 18.7 Å². The normalized spacial score (nSPS) is 17.1. The maximum absolute atomic E-state index is 12.7. The molecule has 1 aromatic heterocycles.